The van der Waals surface area contributed by atoms with Crippen LogP contribution >= 0.6 is 0 Å². The van der Waals surface area contributed by atoms with E-state index in [0.717, 1.165) is 78.6 Å². The molecule has 2 aromatic carbocycles. The Labute approximate surface area is 216 Å². The number of ether oxygens (including phenoxy) is 1. The third kappa shape index (κ3) is 4.75. The van der Waals surface area contributed by atoms with Crippen molar-refractivity contribution in [1.82, 2.24) is 19.8 Å². The summed E-state index contributed by atoms with van der Waals surface area (Å²) in [6.45, 7) is 3.80. The minimum Gasteiger partial charge on any atom is -0.497 e. The van der Waals surface area contributed by atoms with Gasteiger partial charge in [0.2, 0.25) is 0 Å². The molecule has 0 bridgehead atoms. The average molecular weight is 499 g/mol. The number of nitrogens with one attached hydrogen (secondary N) is 1. The summed E-state index contributed by atoms with van der Waals surface area (Å²) >= 11 is 0. The fraction of sp³-hybridized carbons (Fsp3) is 0.400. The maximum absolute atomic E-state index is 13.2. The molecule has 4 aromatic rings. The van der Waals surface area contributed by atoms with Gasteiger partial charge in [0.05, 0.1) is 24.2 Å². The quantitative estimate of drug-likeness (QED) is 0.404. The zero-order chi connectivity index (χ0) is 25.4. The molecule has 0 spiro atoms. The molecule has 192 valence electrons. The maximum atomic E-state index is 13.2. The van der Waals surface area contributed by atoms with Crippen LogP contribution < -0.4 is 15.6 Å². The molecule has 7 heteroatoms. The number of rotatable bonds is 7. The van der Waals surface area contributed by atoms with Crippen LogP contribution in [0.3, 0.4) is 0 Å². The highest BCUT2D eigenvalue weighted by molar-refractivity contribution is 5.84. The van der Waals surface area contributed by atoms with E-state index in [-0.39, 0.29) is 5.56 Å². The molecule has 2 aliphatic rings. The van der Waals surface area contributed by atoms with Gasteiger partial charge in [-0.25, -0.2) is 0 Å². The molecule has 1 fully saturated rings. The Bertz CT molecular complexity index is 1490. The van der Waals surface area contributed by atoms with Gasteiger partial charge in [-0.15, -0.1) is 0 Å². The number of aryl methyl sites for hydroxylation is 2. The van der Waals surface area contributed by atoms with Gasteiger partial charge in [0.1, 0.15) is 5.75 Å². The van der Waals surface area contributed by atoms with Crippen molar-refractivity contribution in [3.8, 4) is 5.75 Å². The van der Waals surface area contributed by atoms with Crippen LogP contribution in [0, 0.1) is 0 Å². The first kappa shape index (κ1) is 24.1. The van der Waals surface area contributed by atoms with Gasteiger partial charge >= 0.3 is 0 Å². The molecule has 37 heavy (non-hydrogen) atoms. The molecular weight excluding hydrogens is 464 g/mol. The van der Waals surface area contributed by atoms with E-state index in [4.69, 9.17) is 4.74 Å². The molecule has 2 aromatic heterocycles. The average Bonchev–Trinajstić information content (AvgIpc) is 2.94. The van der Waals surface area contributed by atoms with Gasteiger partial charge in [-0.3, -0.25) is 9.78 Å². The lowest BCUT2D eigenvalue weighted by molar-refractivity contribution is 0.0949. The van der Waals surface area contributed by atoms with E-state index in [1.54, 1.807) is 13.3 Å². The van der Waals surface area contributed by atoms with Crippen LogP contribution in [0.25, 0.3) is 21.8 Å². The number of piperidine rings is 1. The van der Waals surface area contributed by atoms with Gasteiger partial charge in [-0.05, 0) is 85.6 Å². The first-order valence-electron chi connectivity index (χ1n) is 13.3. The van der Waals surface area contributed by atoms with Crippen molar-refractivity contribution in [1.29, 1.82) is 0 Å². The first-order chi connectivity index (χ1) is 18.1. The van der Waals surface area contributed by atoms with E-state index in [1.165, 1.54) is 10.9 Å². The summed E-state index contributed by atoms with van der Waals surface area (Å²) in [5.74, 6) is 0.761. The molecule has 1 atom stereocenters. The molecular formula is C30H34N4O3. The van der Waals surface area contributed by atoms with E-state index >= 15 is 0 Å². The molecule has 2 aliphatic heterocycles. The summed E-state index contributed by atoms with van der Waals surface area (Å²) in [4.78, 5) is 19.9. The predicted molar refractivity (Wildman–Crippen MR) is 146 cm³/mol. The number of methoxy groups -OCH3 is 1. The largest absolute Gasteiger partial charge is 0.497 e. The number of pyridine rings is 2. The van der Waals surface area contributed by atoms with Crippen molar-refractivity contribution >= 4 is 21.8 Å². The molecule has 6 rings (SSSR count). The van der Waals surface area contributed by atoms with Crippen LogP contribution in [0.5, 0.6) is 5.75 Å². The van der Waals surface area contributed by atoms with Gasteiger partial charge in [0.25, 0.3) is 5.56 Å². The van der Waals surface area contributed by atoms with Gasteiger partial charge in [-0.1, -0.05) is 18.2 Å². The zero-order valence-corrected chi connectivity index (χ0v) is 21.3. The maximum Gasteiger partial charge on any atom is 0.255 e. The minimum atomic E-state index is -0.596. The number of nitrogens with zero attached hydrogens (tertiary/aromatic N) is 3. The number of hydrogen-bond acceptors (Lipinski definition) is 6. The lowest BCUT2D eigenvalue weighted by Crippen LogP contribution is -2.44. The fourth-order valence-electron chi connectivity index (χ4n) is 6.03. The number of aliphatic hydroxyl groups excluding tert-OH is 1. The number of para-hydroxylation sites is 1. The second-order valence-corrected chi connectivity index (χ2v) is 10.3. The summed E-state index contributed by atoms with van der Waals surface area (Å²) in [5, 5.41) is 16.8. The zero-order valence-electron chi connectivity index (χ0n) is 21.3. The third-order valence-corrected chi connectivity index (χ3v) is 8.04. The Kier molecular flexibility index (Phi) is 6.67. The first-order valence-corrected chi connectivity index (χ1v) is 13.3. The van der Waals surface area contributed by atoms with Crippen LogP contribution in [0.1, 0.15) is 42.1 Å². The van der Waals surface area contributed by atoms with Crippen molar-refractivity contribution in [3.63, 3.8) is 0 Å². The minimum absolute atomic E-state index is 0.147. The summed E-state index contributed by atoms with van der Waals surface area (Å²) < 4.78 is 7.36. The highest BCUT2D eigenvalue weighted by Crippen LogP contribution is 2.28. The topological polar surface area (TPSA) is 79.6 Å². The van der Waals surface area contributed by atoms with E-state index in [9.17, 15) is 9.90 Å². The number of benzene rings is 2. The van der Waals surface area contributed by atoms with Gasteiger partial charge in [-0.2, -0.15) is 0 Å². The molecule has 7 nitrogen and oxygen atoms in total. The van der Waals surface area contributed by atoms with E-state index < -0.39 is 6.10 Å². The molecule has 0 radical (unpaired) electrons. The Morgan fingerprint density at radius 2 is 2.00 bits per heavy atom. The van der Waals surface area contributed by atoms with Crippen LogP contribution in [-0.4, -0.2) is 52.3 Å². The Morgan fingerprint density at radius 1 is 1.14 bits per heavy atom. The lowest BCUT2D eigenvalue weighted by atomic mass is 9.99. The summed E-state index contributed by atoms with van der Waals surface area (Å²) in [7, 11) is 1.65. The smallest absolute Gasteiger partial charge is 0.255 e. The molecule has 0 aliphatic carbocycles. The van der Waals surface area contributed by atoms with Crippen LogP contribution in [0.15, 0.2) is 59.5 Å². The summed E-state index contributed by atoms with van der Waals surface area (Å²) in [5.41, 5.74) is 5.14. The van der Waals surface area contributed by atoms with Crippen molar-refractivity contribution < 1.29 is 9.84 Å². The van der Waals surface area contributed by atoms with Crippen molar-refractivity contribution in [3.05, 3.63) is 81.8 Å². The van der Waals surface area contributed by atoms with Crippen molar-refractivity contribution in [2.75, 3.05) is 26.7 Å². The van der Waals surface area contributed by atoms with Gasteiger partial charge < -0.3 is 24.6 Å². The molecule has 4 heterocycles. The van der Waals surface area contributed by atoms with Crippen molar-refractivity contribution in [2.45, 2.75) is 50.9 Å². The third-order valence-electron chi connectivity index (χ3n) is 8.04. The Hall–Kier alpha value is -3.26. The summed E-state index contributed by atoms with van der Waals surface area (Å²) in [6, 6.07) is 16.5. The van der Waals surface area contributed by atoms with Gasteiger partial charge in [0.15, 0.2) is 0 Å². The molecule has 0 amide bonds. The van der Waals surface area contributed by atoms with E-state index in [0.29, 0.717) is 19.1 Å². The normalized spacial score (nSPS) is 17.4. The highest BCUT2D eigenvalue weighted by Gasteiger charge is 2.23. The predicted octanol–water partition coefficient (Wildman–Crippen LogP) is 3.79. The molecule has 0 saturated carbocycles. The Morgan fingerprint density at radius 3 is 2.84 bits per heavy atom. The highest BCUT2D eigenvalue weighted by atomic mass is 16.5. The number of β-amino-alcohol motifs (C(OH)–C–C–N with tert-alkyl or cyclic N) is 1. The molecule has 1 saturated heterocycles. The number of aromatic nitrogens is 2. The van der Waals surface area contributed by atoms with Gasteiger partial charge in [0, 0.05) is 42.8 Å². The number of likely N-dealkylation sites (tertiary alicyclic amines) is 1. The number of hydrogen-bond donors (Lipinski definition) is 2. The van der Waals surface area contributed by atoms with Crippen molar-refractivity contribution in [2.24, 2.45) is 0 Å². The van der Waals surface area contributed by atoms with Crippen LogP contribution in [0.4, 0.5) is 0 Å². The van der Waals surface area contributed by atoms with E-state index in [2.05, 4.69) is 39.5 Å². The second kappa shape index (κ2) is 10.2. The summed E-state index contributed by atoms with van der Waals surface area (Å²) in [6.07, 6.45) is 5.21. The van der Waals surface area contributed by atoms with E-state index in [1.807, 2.05) is 28.8 Å². The number of aliphatic hydroxyl groups is 1. The standard InChI is InChI=1S/C30H34N4O3/c1-37-24-7-8-27-26(17-24)25(9-12-31-27)28(35)19-33-14-10-23(11-15-33)32-18-22-16-21-5-2-4-20-6-3-13-34(29(20)21)30(22)36/h2,4-5,7-9,12,16-17,23,28,32,35H,3,6,10-11,13-15,18-19H2,1H3/t28-/m0/s1. The van der Waals surface area contributed by atoms with Crippen LogP contribution in [0.2, 0.25) is 0 Å². The lowest BCUT2D eigenvalue weighted by Gasteiger charge is -2.34. The monoisotopic (exact) mass is 498 g/mol. The molecule has 2 N–H and O–H groups in total. The molecule has 0 unspecified atom stereocenters. The SMILES string of the molecule is COc1ccc2nccc([C@@H](O)CN3CCC(NCc4cc5cccc6c5n(c4=O)CCC6)CC3)c2c1. The fourth-order valence-corrected chi connectivity index (χ4v) is 6.03. The second-order valence-electron chi connectivity index (χ2n) is 10.3. The Balaban J connectivity index is 1.08. The van der Waals surface area contributed by atoms with Crippen LogP contribution in [-0.2, 0) is 19.5 Å². The number of fused-ring (bicyclic) bond motifs is 1.